The van der Waals surface area contributed by atoms with Gasteiger partial charge in [0.25, 0.3) is 0 Å². The van der Waals surface area contributed by atoms with E-state index in [1.807, 2.05) is 33.8 Å². The summed E-state index contributed by atoms with van der Waals surface area (Å²) in [5.74, 6) is -0.246. The molecular formula is C20H36N2O4. The molecule has 0 radical (unpaired) electrons. The molecule has 0 spiro atoms. The lowest BCUT2D eigenvalue weighted by atomic mass is 9.81. The molecule has 1 saturated heterocycles. The van der Waals surface area contributed by atoms with E-state index >= 15 is 0 Å². The Morgan fingerprint density at radius 1 is 1.38 bits per heavy atom. The number of carbonyl (C=O) groups excluding carboxylic acids is 2. The Balaban J connectivity index is 3.15. The topological polar surface area (TPSA) is 76.7 Å². The van der Waals surface area contributed by atoms with Crippen molar-refractivity contribution in [3.63, 3.8) is 0 Å². The van der Waals surface area contributed by atoms with Crippen LogP contribution in [0.1, 0.15) is 60.8 Å². The first kappa shape index (κ1) is 22.6. The second-order valence-electron chi connectivity index (χ2n) is 7.60. The molecule has 2 N–H and O–H groups in total. The summed E-state index contributed by atoms with van der Waals surface area (Å²) < 4.78 is 11.2. The van der Waals surface area contributed by atoms with E-state index in [-0.39, 0.29) is 42.0 Å². The molecule has 150 valence electrons. The van der Waals surface area contributed by atoms with Crippen molar-refractivity contribution in [2.75, 3.05) is 7.11 Å². The third-order valence-electron chi connectivity index (χ3n) is 5.03. The Hall–Kier alpha value is -1.40. The fraction of sp³-hybridized carbons (Fsp3) is 0.800. The van der Waals surface area contributed by atoms with Gasteiger partial charge >= 0.3 is 5.97 Å². The number of hydrogen-bond acceptors (Lipinski definition) is 5. The summed E-state index contributed by atoms with van der Waals surface area (Å²) in [7, 11) is 1.68. The second-order valence-corrected chi connectivity index (χ2v) is 7.60. The second kappa shape index (κ2) is 10.1. The molecule has 0 bridgehead atoms. The van der Waals surface area contributed by atoms with E-state index in [2.05, 4.69) is 23.6 Å². The number of rotatable bonds is 9. The molecule has 1 rings (SSSR count). The van der Waals surface area contributed by atoms with Crippen LogP contribution in [0.2, 0.25) is 0 Å². The van der Waals surface area contributed by atoms with E-state index in [0.717, 1.165) is 12.8 Å². The highest BCUT2D eigenvalue weighted by atomic mass is 16.5. The largest absolute Gasteiger partial charge is 0.462 e. The van der Waals surface area contributed by atoms with E-state index < -0.39 is 5.60 Å². The van der Waals surface area contributed by atoms with Crippen LogP contribution in [-0.4, -0.2) is 48.8 Å². The quantitative estimate of drug-likeness (QED) is 0.483. The molecule has 0 saturated carbocycles. The average molecular weight is 369 g/mol. The van der Waals surface area contributed by atoms with Crippen LogP contribution in [0, 0.1) is 5.92 Å². The Bertz CT molecular complexity index is 506. The minimum Gasteiger partial charge on any atom is -0.462 e. The Kier molecular flexibility index (Phi) is 8.77. The van der Waals surface area contributed by atoms with Gasteiger partial charge < -0.3 is 14.8 Å². The molecule has 1 heterocycles. The van der Waals surface area contributed by atoms with Gasteiger partial charge in [0.15, 0.2) is 0 Å². The van der Waals surface area contributed by atoms with Crippen molar-refractivity contribution in [3.8, 4) is 0 Å². The number of esters is 1. The molecule has 0 aromatic carbocycles. The minimum atomic E-state index is -0.533. The summed E-state index contributed by atoms with van der Waals surface area (Å²) in [6.07, 6.45) is 6.31. The third kappa shape index (κ3) is 5.81. The van der Waals surface area contributed by atoms with Gasteiger partial charge in [-0.15, -0.1) is 0 Å². The molecule has 0 aliphatic carbocycles. The Labute approximate surface area is 158 Å². The number of nitrogens with one attached hydrogen (secondary N) is 2. The Morgan fingerprint density at radius 3 is 2.50 bits per heavy atom. The number of methoxy groups -OCH3 is 1. The van der Waals surface area contributed by atoms with Gasteiger partial charge in [-0.05, 0) is 46.5 Å². The lowest BCUT2D eigenvalue weighted by molar-refractivity contribution is -0.149. The molecule has 1 fully saturated rings. The van der Waals surface area contributed by atoms with Crippen molar-refractivity contribution < 1.29 is 19.1 Å². The van der Waals surface area contributed by atoms with Gasteiger partial charge in [-0.2, -0.15) is 0 Å². The zero-order valence-electron chi connectivity index (χ0n) is 17.3. The molecule has 0 aromatic heterocycles. The van der Waals surface area contributed by atoms with E-state index in [0.29, 0.717) is 6.42 Å². The van der Waals surface area contributed by atoms with Crippen LogP contribution in [0.5, 0.6) is 0 Å². The van der Waals surface area contributed by atoms with Crippen molar-refractivity contribution in [3.05, 3.63) is 12.2 Å². The molecule has 26 heavy (non-hydrogen) atoms. The lowest BCUT2D eigenvalue weighted by Gasteiger charge is -2.41. The predicted octanol–water partition coefficient (Wildman–Crippen LogP) is 2.57. The summed E-state index contributed by atoms with van der Waals surface area (Å²) >= 11 is 0. The number of carbonyl (C=O) groups is 2. The van der Waals surface area contributed by atoms with Crippen molar-refractivity contribution in [1.29, 1.82) is 0 Å². The van der Waals surface area contributed by atoms with E-state index in [1.54, 1.807) is 7.11 Å². The smallest absolute Gasteiger partial charge is 0.323 e. The molecule has 0 aromatic rings. The summed E-state index contributed by atoms with van der Waals surface area (Å²) in [4.78, 5) is 24.3. The maximum Gasteiger partial charge on any atom is 0.323 e. The summed E-state index contributed by atoms with van der Waals surface area (Å²) in [6.45, 7) is 11.3. The summed E-state index contributed by atoms with van der Waals surface area (Å²) in [6, 6.07) is -0.762. The van der Waals surface area contributed by atoms with Crippen LogP contribution in [-0.2, 0) is 19.1 Å². The van der Waals surface area contributed by atoms with Gasteiger partial charge in [-0.3, -0.25) is 14.9 Å². The van der Waals surface area contributed by atoms with Gasteiger partial charge in [-0.1, -0.05) is 25.5 Å². The molecular weight excluding hydrogens is 332 g/mol. The van der Waals surface area contributed by atoms with Crippen LogP contribution in [0.3, 0.4) is 0 Å². The third-order valence-corrected chi connectivity index (χ3v) is 5.03. The first-order valence-electron chi connectivity index (χ1n) is 9.60. The minimum absolute atomic E-state index is 0.105. The predicted molar refractivity (Wildman–Crippen MR) is 103 cm³/mol. The van der Waals surface area contributed by atoms with Crippen LogP contribution in [0.15, 0.2) is 12.2 Å². The van der Waals surface area contributed by atoms with Gasteiger partial charge in [-0.25, -0.2) is 0 Å². The zero-order chi connectivity index (χ0) is 19.9. The monoisotopic (exact) mass is 368 g/mol. The van der Waals surface area contributed by atoms with Crippen LogP contribution >= 0.6 is 0 Å². The molecule has 1 aliphatic heterocycles. The van der Waals surface area contributed by atoms with Gasteiger partial charge in [0, 0.05) is 20.1 Å². The molecule has 6 nitrogen and oxygen atoms in total. The molecule has 6 heteroatoms. The SMILES string of the molecule is C/C=C\[C@@H]1C[C@H](C(=O)OC(C)C)N[C@H]1[C@@H](NC(C)=O)[C@](C)(CCC)OC. The molecule has 5 atom stereocenters. The zero-order valence-corrected chi connectivity index (χ0v) is 17.3. The van der Waals surface area contributed by atoms with Crippen molar-refractivity contribution in [2.45, 2.75) is 90.6 Å². The number of hydrogen-bond donors (Lipinski definition) is 2. The lowest BCUT2D eigenvalue weighted by Crippen LogP contribution is -2.62. The fourth-order valence-corrected chi connectivity index (χ4v) is 3.83. The van der Waals surface area contributed by atoms with Crippen LogP contribution < -0.4 is 10.6 Å². The average Bonchev–Trinajstić information content (AvgIpc) is 2.96. The summed E-state index contributed by atoms with van der Waals surface area (Å²) in [5.41, 5.74) is -0.533. The normalized spacial score (nSPS) is 26.7. The van der Waals surface area contributed by atoms with Gasteiger partial charge in [0.1, 0.15) is 6.04 Å². The maximum absolute atomic E-state index is 12.4. The van der Waals surface area contributed by atoms with Crippen LogP contribution in [0.25, 0.3) is 0 Å². The molecule has 0 unspecified atom stereocenters. The number of ether oxygens (including phenoxy) is 2. The molecule has 1 amide bonds. The van der Waals surface area contributed by atoms with E-state index in [1.165, 1.54) is 6.92 Å². The number of amides is 1. The Morgan fingerprint density at radius 2 is 2.04 bits per heavy atom. The van der Waals surface area contributed by atoms with Gasteiger partial charge in [0.2, 0.25) is 5.91 Å². The van der Waals surface area contributed by atoms with Crippen molar-refractivity contribution >= 4 is 11.9 Å². The fourth-order valence-electron chi connectivity index (χ4n) is 3.83. The highest BCUT2D eigenvalue weighted by Gasteiger charge is 2.47. The van der Waals surface area contributed by atoms with Crippen molar-refractivity contribution in [2.24, 2.45) is 5.92 Å². The van der Waals surface area contributed by atoms with E-state index in [9.17, 15) is 9.59 Å². The standard InChI is InChI=1S/C20H36N2O4/c1-8-10-15-12-16(19(24)26-13(3)4)22-17(15)18(21-14(5)23)20(6,25-7)11-9-2/h8,10,13,15-18,22H,9,11-12H2,1-7H3,(H,21,23)/b10-8-/t15-,16-,17-,18-,20+/m1/s1. The molecule has 1 aliphatic rings. The van der Waals surface area contributed by atoms with Crippen LogP contribution in [0.4, 0.5) is 0 Å². The van der Waals surface area contributed by atoms with E-state index in [4.69, 9.17) is 9.47 Å². The first-order valence-corrected chi connectivity index (χ1v) is 9.60. The summed E-state index contributed by atoms with van der Waals surface area (Å²) in [5, 5.41) is 6.49. The maximum atomic E-state index is 12.4. The van der Waals surface area contributed by atoms with Gasteiger partial charge in [0.05, 0.1) is 17.7 Å². The highest BCUT2D eigenvalue weighted by Crippen LogP contribution is 2.33. The van der Waals surface area contributed by atoms with Crippen molar-refractivity contribution in [1.82, 2.24) is 10.6 Å². The number of allylic oxidation sites excluding steroid dienone is 1. The first-order chi connectivity index (χ1) is 12.2. The highest BCUT2D eigenvalue weighted by molar-refractivity contribution is 5.77.